The van der Waals surface area contributed by atoms with E-state index in [0.717, 1.165) is 22.5 Å². The third-order valence-corrected chi connectivity index (χ3v) is 5.50. The molecule has 4 aromatic rings. The van der Waals surface area contributed by atoms with Crippen molar-refractivity contribution in [3.63, 3.8) is 0 Å². The molecule has 28 heavy (non-hydrogen) atoms. The first kappa shape index (κ1) is 18.2. The standard InChI is InChI=1S/C22H19N3O2S/c1-16-11-13-17(14-12-16)20-15-21(25(24-20)18-7-3-2-4-8-18)19-9-5-6-10-22(19)28(23,26)27/h2-15H,1H3,(H2,23,26,27). The van der Waals surface area contributed by atoms with E-state index in [1.54, 1.807) is 22.9 Å². The van der Waals surface area contributed by atoms with E-state index in [9.17, 15) is 8.42 Å². The van der Waals surface area contributed by atoms with Crippen molar-refractivity contribution >= 4 is 10.0 Å². The number of hydrogen-bond donors (Lipinski definition) is 1. The fourth-order valence-electron chi connectivity index (χ4n) is 3.13. The number of aryl methyl sites for hydroxylation is 1. The van der Waals surface area contributed by atoms with E-state index in [1.807, 2.05) is 67.6 Å². The van der Waals surface area contributed by atoms with Crippen LogP contribution in [0, 0.1) is 6.92 Å². The quantitative estimate of drug-likeness (QED) is 0.569. The second-order valence-electron chi connectivity index (χ2n) is 6.57. The molecule has 5 nitrogen and oxygen atoms in total. The second kappa shape index (κ2) is 7.07. The second-order valence-corrected chi connectivity index (χ2v) is 8.10. The topological polar surface area (TPSA) is 78.0 Å². The maximum absolute atomic E-state index is 12.1. The summed E-state index contributed by atoms with van der Waals surface area (Å²) in [7, 11) is -3.88. The first-order chi connectivity index (χ1) is 13.4. The van der Waals surface area contributed by atoms with Crippen molar-refractivity contribution in [2.45, 2.75) is 11.8 Å². The molecule has 140 valence electrons. The number of sulfonamides is 1. The van der Waals surface area contributed by atoms with E-state index in [2.05, 4.69) is 0 Å². The van der Waals surface area contributed by atoms with Crippen LogP contribution in [0.5, 0.6) is 0 Å². The van der Waals surface area contributed by atoms with Gasteiger partial charge in [-0.25, -0.2) is 18.2 Å². The zero-order valence-corrected chi connectivity index (χ0v) is 16.1. The Morgan fingerprint density at radius 3 is 2.18 bits per heavy atom. The highest BCUT2D eigenvalue weighted by Crippen LogP contribution is 2.32. The first-order valence-corrected chi connectivity index (χ1v) is 10.3. The maximum atomic E-state index is 12.1. The van der Waals surface area contributed by atoms with Gasteiger partial charge in [0.1, 0.15) is 0 Å². The Balaban J connectivity index is 1.98. The van der Waals surface area contributed by atoms with E-state index < -0.39 is 10.0 Å². The highest BCUT2D eigenvalue weighted by atomic mass is 32.2. The number of nitrogens with zero attached hydrogens (tertiary/aromatic N) is 2. The lowest BCUT2D eigenvalue weighted by Crippen LogP contribution is -2.14. The van der Waals surface area contributed by atoms with Gasteiger partial charge in [-0.15, -0.1) is 0 Å². The smallest absolute Gasteiger partial charge is 0.232 e. The molecule has 1 aromatic heterocycles. The highest BCUT2D eigenvalue weighted by Gasteiger charge is 2.20. The summed E-state index contributed by atoms with van der Waals surface area (Å²) >= 11 is 0. The molecule has 0 bridgehead atoms. The molecule has 0 saturated carbocycles. The normalized spacial score (nSPS) is 11.5. The molecule has 0 amide bonds. The van der Waals surface area contributed by atoms with E-state index >= 15 is 0 Å². The molecule has 0 spiro atoms. The van der Waals surface area contributed by atoms with Crippen molar-refractivity contribution in [2.75, 3.05) is 0 Å². The van der Waals surface area contributed by atoms with Crippen molar-refractivity contribution in [1.29, 1.82) is 0 Å². The van der Waals surface area contributed by atoms with Crippen molar-refractivity contribution < 1.29 is 8.42 Å². The van der Waals surface area contributed by atoms with Gasteiger partial charge in [0.2, 0.25) is 10.0 Å². The summed E-state index contributed by atoms with van der Waals surface area (Å²) in [6, 6.07) is 26.3. The number of rotatable bonds is 4. The molecule has 0 aliphatic carbocycles. The molecule has 4 rings (SSSR count). The average molecular weight is 389 g/mol. The predicted molar refractivity (Wildman–Crippen MR) is 111 cm³/mol. The Labute approximate surface area is 164 Å². The van der Waals surface area contributed by atoms with Crippen LogP contribution in [-0.4, -0.2) is 18.2 Å². The number of para-hydroxylation sites is 1. The van der Waals surface area contributed by atoms with Gasteiger partial charge in [-0.1, -0.05) is 66.2 Å². The zero-order valence-electron chi connectivity index (χ0n) is 15.3. The molecular weight excluding hydrogens is 370 g/mol. The summed E-state index contributed by atoms with van der Waals surface area (Å²) in [6.45, 7) is 2.03. The lowest BCUT2D eigenvalue weighted by molar-refractivity contribution is 0.598. The SMILES string of the molecule is Cc1ccc(-c2cc(-c3ccccc3S(N)(=O)=O)n(-c3ccccc3)n2)cc1. The van der Waals surface area contributed by atoms with Crippen LogP contribution in [-0.2, 0) is 10.0 Å². The van der Waals surface area contributed by atoms with Gasteiger partial charge in [0.15, 0.2) is 0 Å². The summed E-state index contributed by atoms with van der Waals surface area (Å²) in [5.41, 5.74) is 4.87. The van der Waals surface area contributed by atoms with Crippen LogP contribution in [0.15, 0.2) is 89.8 Å². The van der Waals surface area contributed by atoms with Crippen molar-refractivity contribution in [1.82, 2.24) is 9.78 Å². The number of benzene rings is 3. The highest BCUT2D eigenvalue weighted by molar-refractivity contribution is 7.89. The van der Waals surface area contributed by atoms with Gasteiger partial charge < -0.3 is 0 Å². The van der Waals surface area contributed by atoms with Crippen molar-refractivity contribution in [2.24, 2.45) is 5.14 Å². The van der Waals surface area contributed by atoms with Gasteiger partial charge in [0.25, 0.3) is 0 Å². The van der Waals surface area contributed by atoms with Gasteiger partial charge in [0.05, 0.1) is 22.0 Å². The fourth-order valence-corrected chi connectivity index (χ4v) is 3.88. The Bertz CT molecular complexity index is 1230. The first-order valence-electron chi connectivity index (χ1n) is 8.78. The molecule has 0 unspecified atom stereocenters. The number of primary sulfonamides is 1. The minimum Gasteiger partial charge on any atom is -0.232 e. The maximum Gasteiger partial charge on any atom is 0.238 e. The molecule has 0 aliphatic heterocycles. The molecule has 0 atom stereocenters. The Hall–Kier alpha value is -3.22. The van der Waals surface area contributed by atoms with Gasteiger partial charge in [-0.05, 0) is 31.2 Å². The van der Waals surface area contributed by atoms with Crippen LogP contribution in [0.2, 0.25) is 0 Å². The van der Waals surface area contributed by atoms with Crippen molar-refractivity contribution in [3.05, 3.63) is 90.5 Å². The van der Waals surface area contributed by atoms with Gasteiger partial charge in [0, 0.05) is 11.1 Å². The molecule has 1 heterocycles. The molecule has 3 aromatic carbocycles. The van der Waals surface area contributed by atoms with E-state index in [0.29, 0.717) is 11.3 Å². The van der Waals surface area contributed by atoms with Gasteiger partial charge >= 0.3 is 0 Å². The van der Waals surface area contributed by atoms with Crippen LogP contribution in [0.4, 0.5) is 0 Å². The van der Waals surface area contributed by atoms with Crippen LogP contribution < -0.4 is 5.14 Å². The predicted octanol–water partition coefficient (Wildman–Crippen LogP) is 4.16. The third kappa shape index (κ3) is 3.47. The zero-order chi connectivity index (χ0) is 19.7. The molecule has 0 fully saturated rings. The van der Waals surface area contributed by atoms with Crippen LogP contribution >= 0.6 is 0 Å². The molecule has 6 heteroatoms. The molecule has 2 N–H and O–H groups in total. The lowest BCUT2D eigenvalue weighted by Gasteiger charge is -2.10. The van der Waals surface area contributed by atoms with Crippen molar-refractivity contribution in [3.8, 4) is 28.2 Å². The largest absolute Gasteiger partial charge is 0.238 e. The van der Waals surface area contributed by atoms with E-state index in [1.165, 1.54) is 6.07 Å². The van der Waals surface area contributed by atoms with Crippen LogP contribution in [0.3, 0.4) is 0 Å². The minimum atomic E-state index is -3.88. The Morgan fingerprint density at radius 1 is 0.857 bits per heavy atom. The third-order valence-electron chi connectivity index (χ3n) is 4.53. The molecule has 0 radical (unpaired) electrons. The summed E-state index contributed by atoms with van der Waals surface area (Å²) in [6.07, 6.45) is 0. The lowest BCUT2D eigenvalue weighted by atomic mass is 10.1. The summed E-state index contributed by atoms with van der Waals surface area (Å²) in [4.78, 5) is 0.0718. The van der Waals surface area contributed by atoms with Gasteiger partial charge in [-0.2, -0.15) is 5.10 Å². The summed E-state index contributed by atoms with van der Waals surface area (Å²) in [5, 5.41) is 10.2. The fraction of sp³-hybridized carbons (Fsp3) is 0.0455. The summed E-state index contributed by atoms with van der Waals surface area (Å²) < 4.78 is 26.0. The van der Waals surface area contributed by atoms with Gasteiger partial charge in [-0.3, -0.25) is 0 Å². The monoisotopic (exact) mass is 389 g/mol. The minimum absolute atomic E-state index is 0.0718. The van der Waals surface area contributed by atoms with E-state index in [4.69, 9.17) is 10.2 Å². The van der Waals surface area contributed by atoms with E-state index in [-0.39, 0.29) is 4.90 Å². The average Bonchev–Trinajstić information content (AvgIpc) is 3.14. The molecule has 0 aliphatic rings. The van der Waals surface area contributed by atoms with Crippen LogP contribution in [0.25, 0.3) is 28.2 Å². The number of hydrogen-bond acceptors (Lipinski definition) is 3. The number of aromatic nitrogens is 2. The Morgan fingerprint density at radius 2 is 1.50 bits per heavy atom. The molecular formula is C22H19N3O2S. The number of nitrogens with two attached hydrogens (primary N) is 1. The Kier molecular flexibility index (Phi) is 4.58. The van der Waals surface area contributed by atoms with Crippen LogP contribution in [0.1, 0.15) is 5.56 Å². The molecule has 0 saturated heterocycles. The summed E-state index contributed by atoms with van der Waals surface area (Å²) in [5.74, 6) is 0.